The predicted octanol–water partition coefficient (Wildman–Crippen LogP) is 3.26. The summed E-state index contributed by atoms with van der Waals surface area (Å²) in [5.74, 6) is 0.653. The lowest BCUT2D eigenvalue weighted by molar-refractivity contribution is -0.137. The SMILES string of the molecule is COc1ccc(-c2ccccc2)cc1N1C(=O)[C@@H]2C[C@H]1CN2C(=O)Cc1ccn(C)c1. The highest BCUT2D eigenvalue weighted by atomic mass is 16.5. The van der Waals surface area contributed by atoms with Crippen LogP contribution >= 0.6 is 0 Å². The molecule has 31 heavy (non-hydrogen) atoms. The first-order chi connectivity index (χ1) is 15.0. The molecule has 2 bridgehead atoms. The van der Waals surface area contributed by atoms with Gasteiger partial charge in [0.2, 0.25) is 11.8 Å². The van der Waals surface area contributed by atoms with Crippen LogP contribution < -0.4 is 9.64 Å². The number of benzene rings is 2. The van der Waals surface area contributed by atoms with Crippen molar-refractivity contribution in [3.8, 4) is 16.9 Å². The topological polar surface area (TPSA) is 54.8 Å². The molecule has 2 aliphatic heterocycles. The lowest BCUT2D eigenvalue weighted by Crippen LogP contribution is -2.53. The van der Waals surface area contributed by atoms with E-state index >= 15 is 0 Å². The van der Waals surface area contributed by atoms with E-state index in [1.165, 1.54) is 0 Å². The van der Waals surface area contributed by atoms with E-state index in [0.29, 0.717) is 25.1 Å². The van der Waals surface area contributed by atoms with Gasteiger partial charge in [-0.25, -0.2) is 0 Å². The highest BCUT2D eigenvalue weighted by molar-refractivity contribution is 6.05. The number of nitrogens with zero attached hydrogens (tertiary/aromatic N) is 3. The number of aromatic nitrogens is 1. The van der Waals surface area contributed by atoms with Crippen molar-refractivity contribution in [3.63, 3.8) is 0 Å². The Morgan fingerprint density at radius 1 is 1.10 bits per heavy atom. The Labute approximate surface area is 181 Å². The zero-order valence-corrected chi connectivity index (χ0v) is 17.7. The number of carbonyl (C=O) groups excluding carboxylic acids is 2. The van der Waals surface area contributed by atoms with Gasteiger partial charge in [0, 0.05) is 26.0 Å². The number of amides is 2. The Bertz CT molecular complexity index is 1140. The van der Waals surface area contributed by atoms with Gasteiger partial charge < -0.3 is 19.1 Å². The number of anilines is 1. The van der Waals surface area contributed by atoms with Gasteiger partial charge in [-0.1, -0.05) is 36.4 Å². The molecule has 3 heterocycles. The van der Waals surface area contributed by atoms with Gasteiger partial charge in [0.05, 0.1) is 25.3 Å². The summed E-state index contributed by atoms with van der Waals surface area (Å²) in [7, 11) is 3.56. The lowest BCUT2D eigenvalue weighted by atomic mass is 10.0. The molecule has 5 rings (SSSR count). The molecule has 2 atom stereocenters. The van der Waals surface area contributed by atoms with Crippen molar-refractivity contribution < 1.29 is 14.3 Å². The third kappa shape index (κ3) is 3.38. The quantitative estimate of drug-likeness (QED) is 0.643. The van der Waals surface area contributed by atoms with Crippen molar-refractivity contribution in [1.82, 2.24) is 9.47 Å². The second kappa shape index (κ2) is 7.61. The third-order valence-corrected chi connectivity index (χ3v) is 6.28. The zero-order chi connectivity index (χ0) is 21.5. The maximum atomic E-state index is 13.3. The van der Waals surface area contributed by atoms with Gasteiger partial charge in [0.15, 0.2) is 0 Å². The van der Waals surface area contributed by atoms with Crippen LogP contribution in [0, 0.1) is 0 Å². The first-order valence-corrected chi connectivity index (χ1v) is 10.5. The number of ether oxygens (including phenoxy) is 1. The number of fused-ring (bicyclic) bond motifs is 2. The largest absolute Gasteiger partial charge is 0.495 e. The average Bonchev–Trinajstić information content (AvgIpc) is 3.48. The Morgan fingerprint density at radius 2 is 1.90 bits per heavy atom. The predicted molar refractivity (Wildman–Crippen MR) is 119 cm³/mol. The van der Waals surface area contributed by atoms with Gasteiger partial charge >= 0.3 is 0 Å². The minimum Gasteiger partial charge on any atom is -0.495 e. The minimum atomic E-state index is -0.397. The summed E-state index contributed by atoms with van der Waals surface area (Å²) in [6, 6.07) is 17.5. The number of methoxy groups -OCH3 is 1. The summed E-state index contributed by atoms with van der Waals surface area (Å²) in [5.41, 5.74) is 3.86. The fourth-order valence-electron chi connectivity index (χ4n) is 4.80. The smallest absolute Gasteiger partial charge is 0.250 e. The second-order valence-corrected chi connectivity index (χ2v) is 8.27. The molecule has 0 radical (unpaired) electrons. The molecule has 2 aromatic carbocycles. The molecule has 158 valence electrons. The van der Waals surface area contributed by atoms with Gasteiger partial charge in [-0.2, -0.15) is 0 Å². The number of likely N-dealkylation sites (tertiary alicyclic amines) is 1. The van der Waals surface area contributed by atoms with Crippen molar-refractivity contribution in [2.45, 2.75) is 24.9 Å². The van der Waals surface area contributed by atoms with Crippen molar-refractivity contribution in [2.75, 3.05) is 18.6 Å². The van der Waals surface area contributed by atoms with E-state index < -0.39 is 6.04 Å². The zero-order valence-electron chi connectivity index (χ0n) is 17.7. The summed E-state index contributed by atoms with van der Waals surface area (Å²) >= 11 is 0. The van der Waals surface area contributed by atoms with Gasteiger partial charge in [0.1, 0.15) is 11.8 Å². The Kier molecular flexibility index (Phi) is 4.77. The summed E-state index contributed by atoms with van der Waals surface area (Å²) in [6.45, 7) is 0.556. The fourth-order valence-corrected chi connectivity index (χ4v) is 4.80. The van der Waals surface area contributed by atoms with E-state index in [1.807, 2.05) is 83.5 Å². The van der Waals surface area contributed by atoms with E-state index in [4.69, 9.17) is 4.74 Å². The minimum absolute atomic E-state index is 0.0108. The van der Waals surface area contributed by atoms with Crippen molar-refractivity contribution in [1.29, 1.82) is 0 Å². The van der Waals surface area contributed by atoms with E-state index in [9.17, 15) is 9.59 Å². The third-order valence-electron chi connectivity index (χ3n) is 6.28. The molecule has 0 spiro atoms. The first kappa shape index (κ1) is 19.4. The number of rotatable bonds is 5. The van der Waals surface area contributed by atoms with Crippen LogP contribution in [-0.4, -0.2) is 47.0 Å². The highest BCUT2D eigenvalue weighted by Crippen LogP contribution is 2.41. The number of carbonyl (C=O) groups is 2. The molecule has 0 unspecified atom stereocenters. The lowest BCUT2D eigenvalue weighted by Gasteiger charge is -2.34. The van der Waals surface area contributed by atoms with Gasteiger partial charge in [0.25, 0.3) is 0 Å². The molecule has 6 nitrogen and oxygen atoms in total. The maximum absolute atomic E-state index is 13.3. The average molecular weight is 415 g/mol. The van der Waals surface area contributed by atoms with Crippen LogP contribution in [0.3, 0.4) is 0 Å². The van der Waals surface area contributed by atoms with Crippen LogP contribution in [0.25, 0.3) is 11.1 Å². The van der Waals surface area contributed by atoms with Crippen molar-refractivity contribution in [3.05, 3.63) is 72.6 Å². The second-order valence-electron chi connectivity index (χ2n) is 8.27. The molecule has 1 aromatic heterocycles. The summed E-state index contributed by atoms with van der Waals surface area (Å²) < 4.78 is 7.51. The van der Waals surface area contributed by atoms with Crippen LogP contribution in [-0.2, 0) is 23.1 Å². The number of hydrogen-bond acceptors (Lipinski definition) is 3. The van der Waals surface area contributed by atoms with E-state index in [1.54, 1.807) is 12.0 Å². The highest BCUT2D eigenvalue weighted by Gasteiger charge is 2.52. The van der Waals surface area contributed by atoms with Gasteiger partial charge in [-0.3, -0.25) is 9.59 Å². The van der Waals surface area contributed by atoms with E-state index in [-0.39, 0.29) is 17.9 Å². The number of aryl methyl sites for hydroxylation is 1. The summed E-state index contributed by atoms with van der Waals surface area (Å²) in [4.78, 5) is 29.8. The standard InChI is InChI=1S/C25H25N3O3/c1-26-11-10-17(15-26)12-24(29)27-16-20-14-22(27)25(30)28(20)21-13-19(8-9-23(21)31-2)18-6-4-3-5-7-18/h3-11,13,15,20,22H,12,14,16H2,1-2H3/t20-,22-/m0/s1. The Balaban J connectivity index is 1.40. The van der Waals surface area contributed by atoms with Crippen LogP contribution in [0.4, 0.5) is 5.69 Å². The molecule has 2 amide bonds. The van der Waals surface area contributed by atoms with Crippen LogP contribution in [0.1, 0.15) is 12.0 Å². The van der Waals surface area contributed by atoms with Crippen molar-refractivity contribution >= 4 is 17.5 Å². The molecule has 3 aromatic rings. The molecule has 6 heteroatoms. The molecular formula is C25H25N3O3. The van der Waals surface area contributed by atoms with E-state index in [2.05, 4.69) is 0 Å². The van der Waals surface area contributed by atoms with E-state index in [0.717, 1.165) is 22.4 Å². The van der Waals surface area contributed by atoms with Crippen LogP contribution in [0.2, 0.25) is 0 Å². The van der Waals surface area contributed by atoms with Crippen LogP contribution in [0.15, 0.2) is 67.0 Å². The Hall–Kier alpha value is -3.54. The molecule has 0 N–H and O–H groups in total. The molecule has 0 saturated carbocycles. The van der Waals surface area contributed by atoms with Gasteiger partial charge in [-0.05, 0) is 41.3 Å². The monoisotopic (exact) mass is 415 g/mol. The van der Waals surface area contributed by atoms with Crippen molar-refractivity contribution in [2.24, 2.45) is 7.05 Å². The fraction of sp³-hybridized carbons (Fsp3) is 0.280. The molecule has 2 aliphatic rings. The molecule has 2 saturated heterocycles. The number of piperazine rings is 1. The first-order valence-electron chi connectivity index (χ1n) is 10.5. The summed E-state index contributed by atoms with van der Waals surface area (Å²) in [6.07, 6.45) is 4.86. The number of hydrogen-bond donors (Lipinski definition) is 0. The van der Waals surface area contributed by atoms with Crippen LogP contribution in [0.5, 0.6) is 5.75 Å². The Morgan fingerprint density at radius 3 is 2.58 bits per heavy atom. The normalized spacial score (nSPS) is 19.9. The maximum Gasteiger partial charge on any atom is 0.250 e. The van der Waals surface area contributed by atoms with Gasteiger partial charge in [-0.15, -0.1) is 0 Å². The molecule has 2 fully saturated rings. The molecule has 0 aliphatic carbocycles. The summed E-state index contributed by atoms with van der Waals surface area (Å²) in [5, 5.41) is 0. The molecular weight excluding hydrogens is 390 g/mol.